The van der Waals surface area contributed by atoms with E-state index < -0.39 is 0 Å². The van der Waals surface area contributed by atoms with Gasteiger partial charge in [-0.3, -0.25) is 9.69 Å². The Hall–Kier alpha value is -0.980. The number of nitrogens with zero attached hydrogens (tertiary/aromatic N) is 2. The van der Waals surface area contributed by atoms with Crippen LogP contribution in [0.15, 0.2) is 11.6 Å². The van der Waals surface area contributed by atoms with E-state index in [2.05, 4.69) is 15.2 Å². The van der Waals surface area contributed by atoms with Gasteiger partial charge in [-0.2, -0.15) is 0 Å². The minimum atomic E-state index is -0.250. The summed E-state index contributed by atoms with van der Waals surface area (Å²) in [5.74, 6) is 0.552. The van der Waals surface area contributed by atoms with Crippen molar-refractivity contribution in [3.05, 3.63) is 16.6 Å². The average molecular weight is 281 g/mol. The molecule has 0 radical (unpaired) electrons. The Balaban J connectivity index is 1.57. The maximum Gasteiger partial charge on any atom is 0.248 e. The number of hydrogen-bond acceptors (Lipinski definition) is 5. The molecular weight excluding hydrogens is 262 g/mol. The normalized spacial score (nSPS) is 31.1. The van der Waals surface area contributed by atoms with Gasteiger partial charge in [0.05, 0.1) is 12.6 Å². The van der Waals surface area contributed by atoms with E-state index in [4.69, 9.17) is 4.74 Å². The molecule has 0 saturated carbocycles. The Morgan fingerprint density at radius 2 is 2.58 bits per heavy atom. The summed E-state index contributed by atoms with van der Waals surface area (Å²) in [5.41, 5.74) is 0. The molecule has 2 saturated heterocycles. The summed E-state index contributed by atoms with van der Waals surface area (Å²) in [4.78, 5) is 18.3. The number of thiazole rings is 1. The van der Waals surface area contributed by atoms with Crippen LogP contribution >= 0.6 is 11.3 Å². The number of likely N-dealkylation sites (tertiary alicyclic amines) is 1. The van der Waals surface area contributed by atoms with Crippen molar-refractivity contribution >= 4 is 17.2 Å². The van der Waals surface area contributed by atoms with Gasteiger partial charge in [0.15, 0.2) is 0 Å². The highest BCUT2D eigenvalue weighted by Crippen LogP contribution is 2.33. The van der Waals surface area contributed by atoms with Crippen molar-refractivity contribution < 1.29 is 9.53 Å². The average Bonchev–Trinajstić information content (AvgIpc) is 3.06. The van der Waals surface area contributed by atoms with Crippen molar-refractivity contribution in [2.75, 3.05) is 20.1 Å². The summed E-state index contributed by atoms with van der Waals surface area (Å²) in [7, 11) is 1.67. The molecule has 0 unspecified atom stereocenters. The largest absolute Gasteiger partial charge is 0.364 e. The molecule has 0 spiro atoms. The SMILES string of the molecule is CNC(=O)[C@@H]1C[C@H]2CCN(Cc3nccs3)C[C@@H]2O1. The van der Waals surface area contributed by atoms with Gasteiger partial charge in [0, 0.05) is 25.2 Å². The Bertz CT molecular complexity index is 437. The van der Waals surface area contributed by atoms with Crippen LogP contribution in [0.4, 0.5) is 0 Å². The molecule has 3 rings (SSSR count). The molecule has 6 heteroatoms. The number of nitrogens with one attached hydrogen (secondary N) is 1. The van der Waals surface area contributed by atoms with Gasteiger partial charge in [0.1, 0.15) is 11.1 Å². The van der Waals surface area contributed by atoms with Crippen molar-refractivity contribution in [1.82, 2.24) is 15.2 Å². The molecule has 2 fully saturated rings. The van der Waals surface area contributed by atoms with Crippen LogP contribution in [0.1, 0.15) is 17.8 Å². The minimum absolute atomic E-state index is 0.0147. The maximum absolute atomic E-state index is 11.6. The third-order valence-electron chi connectivity index (χ3n) is 4.02. The zero-order valence-electron chi connectivity index (χ0n) is 11.0. The Morgan fingerprint density at radius 1 is 1.68 bits per heavy atom. The smallest absolute Gasteiger partial charge is 0.248 e. The van der Waals surface area contributed by atoms with E-state index in [1.54, 1.807) is 18.4 Å². The Kier molecular flexibility index (Phi) is 3.81. The van der Waals surface area contributed by atoms with Gasteiger partial charge in [0.2, 0.25) is 5.91 Å². The highest BCUT2D eigenvalue weighted by Gasteiger charge is 2.41. The lowest BCUT2D eigenvalue weighted by Crippen LogP contribution is -2.42. The van der Waals surface area contributed by atoms with Crippen molar-refractivity contribution in [1.29, 1.82) is 0 Å². The number of hydrogen-bond donors (Lipinski definition) is 1. The first-order valence-corrected chi connectivity index (χ1v) is 7.62. The number of rotatable bonds is 3. The molecule has 1 aromatic rings. The van der Waals surface area contributed by atoms with Gasteiger partial charge in [-0.15, -0.1) is 11.3 Å². The quantitative estimate of drug-likeness (QED) is 0.893. The lowest BCUT2D eigenvalue weighted by Gasteiger charge is -2.33. The van der Waals surface area contributed by atoms with Gasteiger partial charge in [-0.1, -0.05) is 0 Å². The lowest BCUT2D eigenvalue weighted by molar-refractivity contribution is -0.132. The molecule has 3 atom stereocenters. The van der Waals surface area contributed by atoms with Crippen LogP contribution in [0.3, 0.4) is 0 Å². The van der Waals surface area contributed by atoms with E-state index in [0.29, 0.717) is 5.92 Å². The predicted octanol–water partition coefficient (Wildman–Crippen LogP) is 0.868. The molecule has 19 heavy (non-hydrogen) atoms. The number of piperidine rings is 1. The van der Waals surface area contributed by atoms with Gasteiger partial charge in [-0.05, 0) is 25.3 Å². The summed E-state index contributed by atoms with van der Waals surface area (Å²) in [6.07, 6.45) is 3.79. The fourth-order valence-corrected chi connectivity index (χ4v) is 3.65. The summed E-state index contributed by atoms with van der Waals surface area (Å²) < 4.78 is 5.90. The molecule has 104 valence electrons. The van der Waals surface area contributed by atoms with Gasteiger partial charge in [-0.25, -0.2) is 4.98 Å². The number of likely N-dealkylation sites (N-methyl/N-ethyl adjacent to an activating group) is 1. The fraction of sp³-hybridized carbons (Fsp3) is 0.692. The Labute approximate surface area is 117 Å². The predicted molar refractivity (Wildman–Crippen MR) is 72.8 cm³/mol. The van der Waals surface area contributed by atoms with Crippen molar-refractivity contribution in [3.8, 4) is 0 Å². The second kappa shape index (κ2) is 5.56. The molecule has 1 amide bonds. The Morgan fingerprint density at radius 3 is 3.32 bits per heavy atom. The zero-order valence-corrected chi connectivity index (χ0v) is 11.9. The van der Waals surface area contributed by atoms with Gasteiger partial charge >= 0.3 is 0 Å². The standard InChI is InChI=1S/C13H19N3O2S/c1-14-13(17)10-6-9-2-4-16(7-11(9)18-10)8-12-15-3-5-19-12/h3,5,9-11H,2,4,6-8H2,1H3,(H,14,17)/t9-,10+,11+/m1/s1. The number of carbonyl (C=O) groups excluding carboxylic acids is 1. The second-order valence-corrected chi connectivity index (χ2v) is 6.20. The molecular formula is C13H19N3O2S. The van der Waals surface area contributed by atoms with Crippen molar-refractivity contribution in [2.24, 2.45) is 5.92 Å². The second-order valence-electron chi connectivity index (χ2n) is 5.22. The number of aromatic nitrogens is 1. The van der Waals surface area contributed by atoms with E-state index in [1.165, 1.54) is 0 Å². The van der Waals surface area contributed by atoms with Crippen LogP contribution in [0, 0.1) is 5.92 Å². The summed E-state index contributed by atoms with van der Waals surface area (Å²) in [6, 6.07) is 0. The van der Waals surface area contributed by atoms with E-state index in [-0.39, 0.29) is 18.1 Å². The van der Waals surface area contributed by atoms with Gasteiger partial charge in [0.25, 0.3) is 0 Å². The topological polar surface area (TPSA) is 54.5 Å². The van der Waals surface area contributed by atoms with E-state index >= 15 is 0 Å². The number of carbonyl (C=O) groups is 1. The lowest BCUT2D eigenvalue weighted by atomic mass is 9.91. The maximum atomic E-state index is 11.6. The minimum Gasteiger partial charge on any atom is -0.364 e. The van der Waals surface area contributed by atoms with Crippen LogP contribution in [0.5, 0.6) is 0 Å². The van der Waals surface area contributed by atoms with Crippen LogP contribution < -0.4 is 5.32 Å². The van der Waals surface area contributed by atoms with E-state index in [0.717, 1.165) is 37.5 Å². The highest BCUT2D eigenvalue weighted by atomic mass is 32.1. The molecule has 2 aliphatic rings. The highest BCUT2D eigenvalue weighted by molar-refractivity contribution is 7.09. The summed E-state index contributed by atoms with van der Waals surface area (Å²) >= 11 is 1.69. The molecule has 1 aromatic heterocycles. The molecule has 2 aliphatic heterocycles. The first-order chi connectivity index (χ1) is 9.26. The van der Waals surface area contributed by atoms with Crippen molar-refractivity contribution in [3.63, 3.8) is 0 Å². The first-order valence-electron chi connectivity index (χ1n) is 6.74. The molecule has 5 nitrogen and oxygen atoms in total. The summed E-state index contributed by atoms with van der Waals surface area (Å²) in [5, 5.41) is 5.84. The van der Waals surface area contributed by atoms with E-state index in [1.807, 2.05) is 11.6 Å². The zero-order chi connectivity index (χ0) is 13.2. The van der Waals surface area contributed by atoms with Crippen LogP contribution in [0.25, 0.3) is 0 Å². The van der Waals surface area contributed by atoms with Crippen molar-refractivity contribution in [2.45, 2.75) is 31.6 Å². The van der Waals surface area contributed by atoms with Crippen LogP contribution in [-0.4, -0.2) is 48.1 Å². The number of ether oxygens (including phenoxy) is 1. The van der Waals surface area contributed by atoms with Crippen LogP contribution in [-0.2, 0) is 16.1 Å². The molecule has 0 bridgehead atoms. The molecule has 0 aliphatic carbocycles. The number of amides is 1. The monoisotopic (exact) mass is 281 g/mol. The van der Waals surface area contributed by atoms with Crippen LogP contribution in [0.2, 0.25) is 0 Å². The summed E-state index contributed by atoms with van der Waals surface area (Å²) in [6.45, 7) is 2.89. The molecule has 1 N–H and O–H groups in total. The van der Waals surface area contributed by atoms with Gasteiger partial charge < -0.3 is 10.1 Å². The fourth-order valence-electron chi connectivity index (χ4n) is 2.99. The number of fused-ring (bicyclic) bond motifs is 1. The first kappa shape index (κ1) is 13.0. The third-order valence-corrected chi connectivity index (χ3v) is 4.78. The molecule has 3 heterocycles. The van der Waals surface area contributed by atoms with E-state index in [9.17, 15) is 4.79 Å². The third kappa shape index (κ3) is 2.80. The molecule has 0 aromatic carbocycles.